The molecule has 0 aliphatic carbocycles. The fraction of sp³-hybridized carbons (Fsp3) is 0.619. The molecule has 1 aromatic rings. The summed E-state index contributed by atoms with van der Waals surface area (Å²) in [6.07, 6.45) is 0.821. The van der Waals surface area contributed by atoms with Crippen LogP contribution in [0.5, 0.6) is 0 Å². The lowest BCUT2D eigenvalue weighted by Gasteiger charge is -2.37. The summed E-state index contributed by atoms with van der Waals surface area (Å²) in [5, 5.41) is 3.23. The van der Waals surface area contributed by atoms with Gasteiger partial charge in [0.1, 0.15) is 17.0 Å². The van der Waals surface area contributed by atoms with E-state index in [-0.39, 0.29) is 11.9 Å². The molecule has 1 N–H and O–H groups in total. The number of nitrogens with one attached hydrogen (secondary N) is 1. The number of piperazine rings is 1. The van der Waals surface area contributed by atoms with Crippen molar-refractivity contribution >= 4 is 17.7 Å². The van der Waals surface area contributed by atoms with E-state index in [1.165, 1.54) is 6.07 Å². The summed E-state index contributed by atoms with van der Waals surface area (Å²) in [6.45, 7) is 8.94. The zero-order valence-corrected chi connectivity index (χ0v) is 17.2. The molecule has 3 aliphatic heterocycles. The van der Waals surface area contributed by atoms with Crippen LogP contribution in [0.2, 0.25) is 0 Å². The second kappa shape index (κ2) is 7.16. The van der Waals surface area contributed by atoms with Crippen LogP contribution in [0.25, 0.3) is 0 Å². The van der Waals surface area contributed by atoms with Crippen molar-refractivity contribution < 1.29 is 23.5 Å². The Morgan fingerprint density at radius 1 is 1.17 bits per heavy atom. The first kappa shape index (κ1) is 19.9. The van der Waals surface area contributed by atoms with Crippen molar-refractivity contribution in [1.29, 1.82) is 0 Å². The van der Waals surface area contributed by atoms with Crippen LogP contribution in [-0.4, -0.2) is 61.8 Å². The van der Waals surface area contributed by atoms with E-state index in [9.17, 15) is 9.59 Å². The van der Waals surface area contributed by atoms with Gasteiger partial charge < -0.3 is 24.6 Å². The summed E-state index contributed by atoms with van der Waals surface area (Å²) >= 11 is 0. The molecule has 0 bridgehead atoms. The number of piperidine rings is 1. The molecule has 3 heterocycles. The zero-order valence-electron chi connectivity index (χ0n) is 17.2. The van der Waals surface area contributed by atoms with Crippen LogP contribution in [0.4, 0.5) is 14.9 Å². The van der Waals surface area contributed by atoms with Gasteiger partial charge in [-0.05, 0) is 46.0 Å². The van der Waals surface area contributed by atoms with Crippen molar-refractivity contribution in [3.05, 3.63) is 29.1 Å². The first-order valence-electron chi connectivity index (χ1n) is 10.2. The Hall–Kier alpha value is -2.35. The number of hydrogen-bond acceptors (Lipinski definition) is 6. The molecule has 0 saturated carbocycles. The third kappa shape index (κ3) is 3.77. The Bertz CT molecular complexity index is 822. The van der Waals surface area contributed by atoms with E-state index in [0.29, 0.717) is 68.9 Å². The predicted octanol–water partition coefficient (Wildman–Crippen LogP) is 2.63. The van der Waals surface area contributed by atoms with Crippen LogP contribution in [-0.2, 0) is 15.1 Å². The SMILES string of the molecule is CC(C)(C)OC(=O)N1CCN(c2cc(F)c3c(c2)C(=O)OC32CCNCC2)CC1. The van der Waals surface area contributed by atoms with Gasteiger partial charge in [-0.2, -0.15) is 0 Å². The van der Waals surface area contributed by atoms with Crippen LogP contribution in [0, 0.1) is 5.82 Å². The smallest absolute Gasteiger partial charge is 0.410 e. The average Bonchev–Trinajstić information content (AvgIpc) is 2.93. The molecule has 0 aromatic heterocycles. The number of benzene rings is 1. The molecule has 7 nitrogen and oxygen atoms in total. The van der Waals surface area contributed by atoms with Gasteiger partial charge in [-0.1, -0.05) is 0 Å². The van der Waals surface area contributed by atoms with Gasteiger partial charge in [0.15, 0.2) is 0 Å². The number of nitrogens with zero attached hydrogens (tertiary/aromatic N) is 2. The number of halogens is 1. The Morgan fingerprint density at radius 2 is 1.83 bits per heavy atom. The van der Waals surface area contributed by atoms with Gasteiger partial charge in [0.05, 0.1) is 5.56 Å². The van der Waals surface area contributed by atoms with Crippen LogP contribution in [0.3, 0.4) is 0 Å². The zero-order chi connectivity index (χ0) is 20.8. The quantitative estimate of drug-likeness (QED) is 0.725. The van der Waals surface area contributed by atoms with Gasteiger partial charge in [-0.3, -0.25) is 0 Å². The van der Waals surface area contributed by atoms with E-state index in [4.69, 9.17) is 9.47 Å². The molecule has 0 radical (unpaired) electrons. The summed E-state index contributed by atoms with van der Waals surface area (Å²) in [6, 6.07) is 3.23. The van der Waals surface area contributed by atoms with E-state index >= 15 is 4.39 Å². The molecule has 2 saturated heterocycles. The van der Waals surface area contributed by atoms with Gasteiger partial charge in [0, 0.05) is 50.3 Å². The maximum absolute atomic E-state index is 15.1. The number of carbonyl (C=O) groups is 2. The lowest BCUT2D eigenvalue weighted by atomic mass is 9.84. The maximum Gasteiger partial charge on any atom is 0.410 e. The number of hydrogen-bond donors (Lipinski definition) is 1. The highest BCUT2D eigenvalue weighted by atomic mass is 19.1. The molecule has 0 unspecified atom stereocenters. The molecule has 1 spiro atoms. The predicted molar refractivity (Wildman–Crippen MR) is 106 cm³/mol. The minimum absolute atomic E-state index is 0.330. The van der Waals surface area contributed by atoms with Crippen LogP contribution in [0.1, 0.15) is 49.5 Å². The van der Waals surface area contributed by atoms with Gasteiger partial charge in [-0.25, -0.2) is 14.0 Å². The standard InChI is InChI=1S/C21H28FN3O4/c1-20(2,3)29-19(27)25-10-8-24(9-11-25)14-12-15-17(16(22)13-14)21(28-18(15)26)4-6-23-7-5-21/h12-13,23H,4-11H2,1-3H3. The van der Waals surface area contributed by atoms with E-state index in [2.05, 4.69) is 5.32 Å². The van der Waals surface area contributed by atoms with Crippen molar-refractivity contribution in [3.63, 3.8) is 0 Å². The number of fused-ring (bicyclic) bond motifs is 2. The molecule has 8 heteroatoms. The summed E-state index contributed by atoms with van der Waals surface area (Å²) in [5.74, 6) is -0.838. The second-order valence-electron chi connectivity index (χ2n) is 8.94. The number of amides is 1. The van der Waals surface area contributed by atoms with E-state index < -0.39 is 17.2 Å². The van der Waals surface area contributed by atoms with Crippen molar-refractivity contribution in [2.24, 2.45) is 0 Å². The van der Waals surface area contributed by atoms with Gasteiger partial charge in [-0.15, -0.1) is 0 Å². The molecular weight excluding hydrogens is 377 g/mol. The molecule has 29 heavy (non-hydrogen) atoms. The van der Waals surface area contributed by atoms with Crippen molar-refractivity contribution in [2.45, 2.75) is 44.8 Å². The summed E-state index contributed by atoms with van der Waals surface area (Å²) in [4.78, 5) is 28.4. The Labute approximate surface area is 170 Å². The third-order valence-corrected chi connectivity index (χ3v) is 5.75. The molecule has 3 aliphatic rings. The van der Waals surface area contributed by atoms with E-state index in [0.717, 1.165) is 0 Å². The molecule has 4 rings (SSSR count). The van der Waals surface area contributed by atoms with Crippen molar-refractivity contribution in [2.75, 3.05) is 44.2 Å². The molecule has 0 atom stereocenters. The molecular formula is C21H28FN3O4. The minimum Gasteiger partial charge on any atom is -0.450 e. The highest BCUT2D eigenvalue weighted by molar-refractivity contribution is 5.96. The van der Waals surface area contributed by atoms with Gasteiger partial charge in [0.2, 0.25) is 0 Å². The topological polar surface area (TPSA) is 71.1 Å². The number of rotatable bonds is 1. The number of carbonyl (C=O) groups excluding carboxylic acids is 2. The van der Waals surface area contributed by atoms with Crippen LogP contribution in [0.15, 0.2) is 12.1 Å². The minimum atomic E-state index is -0.838. The van der Waals surface area contributed by atoms with Crippen molar-refractivity contribution in [3.8, 4) is 0 Å². The Kier molecular flexibility index (Phi) is 4.93. The monoisotopic (exact) mass is 405 g/mol. The third-order valence-electron chi connectivity index (χ3n) is 5.75. The molecule has 158 valence electrons. The molecule has 1 amide bonds. The normalized spacial score (nSPS) is 21.2. The van der Waals surface area contributed by atoms with Crippen LogP contribution >= 0.6 is 0 Å². The fourth-order valence-corrected chi connectivity index (χ4v) is 4.34. The number of ether oxygens (including phenoxy) is 2. The average molecular weight is 405 g/mol. The van der Waals surface area contributed by atoms with E-state index in [1.807, 2.05) is 25.7 Å². The van der Waals surface area contributed by atoms with E-state index in [1.54, 1.807) is 11.0 Å². The highest BCUT2D eigenvalue weighted by Crippen LogP contribution is 2.45. The Balaban J connectivity index is 1.50. The second-order valence-corrected chi connectivity index (χ2v) is 8.94. The highest BCUT2D eigenvalue weighted by Gasteiger charge is 2.48. The fourth-order valence-electron chi connectivity index (χ4n) is 4.34. The first-order valence-corrected chi connectivity index (χ1v) is 10.2. The summed E-state index contributed by atoms with van der Waals surface area (Å²) in [5.41, 5.74) is 0.00229. The van der Waals surface area contributed by atoms with Gasteiger partial charge >= 0.3 is 12.1 Å². The first-order chi connectivity index (χ1) is 13.7. The molecule has 1 aromatic carbocycles. The maximum atomic E-state index is 15.1. The lowest BCUT2D eigenvalue weighted by molar-refractivity contribution is -0.0255. The van der Waals surface area contributed by atoms with Crippen molar-refractivity contribution in [1.82, 2.24) is 10.2 Å². The van der Waals surface area contributed by atoms with Crippen LogP contribution < -0.4 is 10.2 Å². The van der Waals surface area contributed by atoms with Gasteiger partial charge in [0.25, 0.3) is 0 Å². The Morgan fingerprint density at radius 3 is 2.45 bits per heavy atom. The molecule has 2 fully saturated rings. The summed E-state index contributed by atoms with van der Waals surface area (Å²) < 4.78 is 26.2. The number of anilines is 1. The summed E-state index contributed by atoms with van der Waals surface area (Å²) in [7, 11) is 0. The lowest BCUT2D eigenvalue weighted by Crippen LogP contribution is -2.50. The number of esters is 1. The largest absolute Gasteiger partial charge is 0.450 e.